The lowest BCUT2D eigenvalue weighted by atomic mass is 9.66. The fourth-order valence-electron chi connectivity index (χ4n) is 7.21. The summed E-state index contributed by atoms with van der Waals surface area (Å²) in [5.74, 6) is 1.81. The fourth-order valence-corrected chi connectivity index (χ4v) is 7.21. The number of carbonyl (C=O) groups is 1. The number of unbranched alkanes of at least 4 members (excludes halogenated alkanes) is 3. The molecule has 0 saturated carbocycles. The number of carbonyl (C=O) groups excluding carboxylic acids is 1. The van der Waals surface area contributed by atoms with Crippen molar-refractivity contribution < 1.29 is 24.5 Å². The lowest BCUT2D eigenvalue weighted by molar-refractivity contribution is -0.130. The van der Waals surface area contributed by atoms with E-state index in [1.54, 1.807) is 0 Å². The van der Waals surface area contributed by atoms with Gasteiger partial charge >= 0.3 is 0 Å². The maximum absolute atomic E-state index is 11.4. The zero-order valence-electron chi connectivity index (χ0n) is 24.9. The van der Waals surface area contributed by atoms with Gasteiger partial charge < -0.3 is 24.6 Å². The zero-order chi connectivity index (χ0) is 28.2. The van der Waals surface area contributed by atoms with Crippen molar-refractivity contribution in [2.45, 2.75) is 115 Å². The highest BCUT2D eigenvalue weighted by molar-refractivity contribution is 5.54. The fraction of sp³-hybridized carbons (Fsp3) is 0.727. The minimum atomic E-state index is -0.547. The van der Waals surface area contributed by atoms with Crippen molar-refractivity contribution >= 4 is 6.47 Å². The van der Waals surface area contributed by atoms with E-state index in [0.29, 0.717) is 31.3 Å². The summed E-state index contributed by atoms with van der Waals surface area (Å²) in [7, 11) is 0. The highest BCUT2D eigenvalue weighted by Gasteiger charge is 2.47. The van der Waals surface area contributed by atoms with Gasteiger partial charge in [-0.25, -0.2) is 0 Å². The predicted molar refractivity (Wildman–Crippen MR) is 155 cm³/mol. The van der Waals surface area contributed by atoms with Crippen LogP contribution in [0.15, 0.2) is 23.8 Å². The number of phenolic OH excluding ortho intramolecular Hbond substituents is 1. The Balaban J connectivity index is 1.50. The summed E-state index contributed by atoms with van der Waals surface area (Å²) >= 11 is 0. The Morgan fingerprint density at radius 3 is 2.79 bits per heavy atom. The van der Waals surface area contributed by atoms with Gasteiger partial charge in [0.05, 0.1) is 12.7 Å². The first-order chi connectivity index (χ1) is 18.6. The third-order valence-electron chi connectivity index (χ3n) is 9.63. The molecule has 0 aromatic heterocycles. The van der Waals surface area contributed by atoms with Crippen molar-refractivity contribution in [3.8, 4) is 11.5 Å². The van der Waals surface area contributed by atoms with Gasteiger partial charge in [-0.1, -0.05) is 52.5 Å². The van der Waals surface area contributed by atoms with Gasteiger partial charge in [0, 0.05) is 36.4 Å². The normalized spacial score (nSPS) is 25.6. The van der Waals surface area contributed by atoms with Crippen molar-refractivity contribution in [2.24, 2.45) is 11.8 Å². The van der Waals surface area contributed by atoms with Crippen molar-refractivity contribution in [1.29, 1.82) is 0 Å². The molecule has 6 heteroatoms. The molecule has 1 fully saturated rings. The summed E-state index contributed by atoms with van der Waals surface area (Å²) < 4.78 is 11.6. The smallest absolute Gasteiger partial charge is 0.293 e. The number of allylic oxidation sites excluding steroid dienone is 1. The molecular formula is C33H51NO5. The lowest BCUT2D eigenvalue weighted by Crippen LogP contribution is -2.47. The Hall–Kier alpha value is -2.05. The van der Waals surface area contributed by atoms with Gasteiger partial charge in [0.15, 0.2) is 0 Å². The van der Waals surface area contributed by atoms with Gasteiger partial charge in [-0.05, 0) is 81.2 Å². The van der Waals surface area contributed by atoms with E-state index in [9.17, 15) is 15.0 Å². The van der Waals surface area contributed by atoms with Crippen molar-refractivity contribution in [3.63, 3.8) is 0 Å². The van der Waals surface area contributed by atoms with Crippen LogP contribution in [0.2, 0.25) is 0 Å². The Morgan fingerprint density at radius 2 is 2.05 bits per heavy atom. The number of hydrogen-bond donors (Lipinski definition) is 2. The second kappa shape index (κ2) is 12.6. The summed E-state index contributed by atoms with van der Waals surface area (Å²) in [4.78, 5) is 12.9. The van der Waals surface area contributed by atoms with E-state index in [1.807, 2.05) is 6.07 Å². The quantitative estimate of drug-likeness (QED) is 0.179. The number of nitrogens with zero attached hydrogens (tertiary/aromatic N) is 1. The van der Waals surface area contributed by atoms with E-state index in [4.69, 9.17) is 9.47 Å². The van der Waals surface area contributed by atoms with Crippen LogP contribution in [-0.2, 0) is 14.9 Å². The molecule has 1 aromatic rings. The topological polar surface area (TPSA) is 79.2 Å². The second-order valence-corrected chi connectivity index (χ2v) is 13.5. The van der Waals surface area contributed by atoms with Gasteiger partial charge in [0.1, 0.15) is 17.1 Å². The van der Waals surface area contributed by atoms with E-state index < -0.39 is 6.10 Å². The molecule has 0 bridgehead atoms. The first-order valence-corrected chi connectivity index (χ1v) is 15.3. The number of aliphatic hydroxyl groups excluding tert-OH is 1. The zero-order valence-corrected chi connectivity index (χ0v) is 24.9. The third kappa shape index (κ3) is 7.00. The third-order valence-corrected chi connectivity index (χ3v) is 9.63. The van der Waals surface area contributed by atoms with E-state index in [-0.39, 0.29) is 22.9 Å². The van der Waals surface area contributed by atoms with Gasteiger partial charge in [0.2, 0.25) is 0 Å². The molecule has 0 amide bonds. The van der Waals surface area contributed by atoms with Crippen LogP contribution in [0.1, 0.15) is 109 Å². The number of β-amino-alcohol motifs (C(OH)–C–C–N with tert-alkyl or cyclic N) is 1. The molecule has 4 atom stereocenters. The molecule has 0 spiro atoms. The number of fused-ring (bicyclic) bond motifs is 3. The van der Waals surface area contributed by atoms with Crippen molar-refractivity contribution in [2.75, 3.05) is 26.2 Å². The molecule has 0 radical (unpaired) electrons. The van der Waals surface area contributed by atoms with E-state index in [0.717, 1.165) is 67.6 Å². The number of hydrogen-bond acceptors (Lipinski definition) is 6. The SMILES string of the molecule is CCCCCCC(C)(C)c1cc(O)c2c(c1)OC(C)(C)[C@@H]1CC=C(C(O)CN3CCCC(COC=O)C3)C[C@@H]21. The molecule has 2 aliphatic heterocycles. The van der Waals surface area contributed by atoms with E-state index in [2.05, 4.69) is 51.7 Å². The van der Waals surface area contributed by atoms with Crippen LogP contribution in [-0.4, -0.2) is 59.5 Å². The molecule has 4 rings (SSSR count). The Bertz CT molecular complexity index is 1020. The monoisotopic (exact) mass is 541 g/mol. The summed E-state index contributed by atoms with van der Waals surface area (Å²) in [6.45, 7) is 14.5. The van der Waals surface area contributed by atoms with Crippen LogP contribution in [0, 0.1) is 11.8 Å². The first-order valence-electron chi connectivity index (χ1n) is 15.3. The summed E-state index contributed by atoms with van der Waals surface area (Å²) in [5.41, 5.74) is 2.70. The van der Waals surface area contributed by atoms with Gasteiger partial charge in [-0.3, -0.25) is 4.79 Å². The maximum Gasteiger partial charge on any atom is 0.293 e. The summed E-state index contributed by atoms with van der Waals surface area (Å²) in [6, 6.07) is 4.15. The van der Waals surface area contributed by atoms with Crippen LogP contribution in [0.25, 0.3) is 0 Å². The number of aliphatic hydroxyl groups is 1. The molecule has 1 saturated heterocycles. The molecule has 1 aromatic carbocycles. The molecule has 2 heterocycles. The molecule has 6 nitrogen and oxygen atoms in total. The predicted octanol–water partition coefficient (Wildman–Crippen LogP) is 6.48. The minimum Gasteiger partial charge on any atom is -0.508 e. The van der Waals surface area contributed by atoms with E-state index in [1.165, 1.54) is 25.7 Å². The number of ether oxygens (including phenoxy) is 2. The van der Waals surface area contributed by atoms with Crippen LogP contribution in [0.3, 0.4) is 0 Å². The Labute approximate surface area is 235 Å². The average molecular weight is 542 g/mol. The highest BCUT2D eigenvalue weighted by atomic mass is 16.5. The summed E-state index contributed by atoms with van der Waals surface area (Å²) in [6.07, 6.45) is 11.3. The number of piperidine rings is 1. The lowest BCUT2D eigenvalue weighted by Gasteiger charge is -2.48. The molecule has 2 N–H and O–H groups in total. The number of likely N-dealkylation sites (tertiary alicyclic amines) is 1. The average Bonchev–Trinajstić information content (AvgIpc) is 2.89. The minimum absolute atomic E-state index is 0.0402. The van der Waals surface area contributed by atoms with Gasteiger partial charge in [0.25, 0.3) is 6.47 Å². The van der Waals surface area contributed by atoms with Crippen molar-refractivity contribution in [1.82, 2.24) is 4.90 Å². The van der Waals surface area contributed by atoms with Gasteiger partial charge in [-0.15, -0.1) is 0 Å². The number of rotatable bonds is 12. The molecule has 3 aliphatic rings. The maximum atomic E-state index is 11.4. The Morgan fingerprint density at radius 1 is 1.26 bits per heavy atom. The second-order valence-electron chi connectivity index (χ2n) is 13.5. The number of phenols is 1. The van der Waals surface area contributed by atoms with Crippen LogP contribution in [0.4, 0.5) is 0 Å². The number of aromatic hydroxyl groups is 1. The first kappa shape index (κ1) is 29.9. The molecule has 1 aliphatic carbocycles. The van der Waals surface area contributed by atoms with Crippen LogP contribution in [0.5, 0.6) is 11.5 Å². The largest absolute Gasteiger partial charge is 0.508 e. The highest BCUT2D eigenvalue weighted by Crippen LogP contribution is 2.55. The van der Waals surface area contributed by atoms with Crippen molar-refractivity contribution in [3.05, 3.63) is 34.9 Å². The standard InChI is InChI=1S/C33H51NO5/c1-6-7-8-9-14-32(2,3)25-17-28(36)31-26-16-24(12-13-27(26)33(4,5)39-30(31)18-25)29(37)20-34-15-10-11-23(19-34)21-38-22-35/h12,17-18,22-23,26-27,29,36-37H,6-11,13-16,19-21H2,1-5H3/t23?,26-,27-,29?/m1/s1. The Kier molecular flexibility index (Phi) is 9.69. The van der Waals surface area contributed by atoms with Crippen LogP contribution >= 0.6 is 0 Å². The van der Waals surface area contributed by atoms with E-state index >= 15 is 0 Å². The van der Waals surface area contributed by atoms with Gasteiger partial charge in [-0.2, -0.15) is 0 Å². The molecular weight excluding hydrogens is 490 g/mol. The molecule has 218 valence electrons. The molecule has 2 unspecified atom stereocenters. The number of benzene rings is 1. The molecule has 39 heavy (non-hydrogen) atoms. The van der Waals surface area contributed by atoms with Crippen LogP contribution < -0.4 is 4.74 Å². The summed E-state index contributed by atoms with van der Waals surface area (Å²) in [5, 5.41) is 22.7.